The Kier molecular flexibility index (Phi) is 40.4. The van der Waals surface area contributed by atoms with Gasteiger partial charge in [0.25, 0.3) is 17.7 Å². The van der Waals surface area contributed by atoms with Gasteiger partial charge >= 0.3 is 0 Å². The maximum absolute atomic E-state index is 13.2. The zero-order valence-electron chi connectivity index (χ0n) is 37.0. The molecule has 0 spiro atoms. The van der Waals surface area contributed by atoms with Crippen LogP contribution in [0.4, 0.5) is 0 Å². The number of amides is 4. The molecule has 0 bridgehead atoms. The molecular weight excluding hydrogens is 812 g/mol. The van der Waals surface area contributed by atoms with Crippen LogP contribution in [0.1, 0.15) is 69.6 Å². The first-order valence-electron chi connectivity index (χ1n) is 21.9. The Morgan fingerprint density at radius 1 is 0.435 bits per heavy atom. The summed E-state index contributed by atoms with van der Waals surface area (Å²) < 4.78 is 49.6. The van der Waals surface area contributed by atoms with E-state index in [1.807, 2.05) is 7.05 Å². The smallest absolute Gasteiger partial charge is 0.251 e. The van der Waals surface area contributed by atoms with Crippen LogP contribution >= 0.6 is 0 Å². The van der Waals surface area contributed by atoms with E-state index in [1.54, 1.807) is 0 Å². The average molecular weight is 889 g/mol. The number of benzene rings is 1. The number of aliphatic hydroxyl groups is 1. The van der Waals surface area contributed by atoms with Gasteiger partial charge < -0.3 is 74.3 Å². The van der Waals surface area contributed by atoms with Crippen molar-refractivity contribution in [3.05, 3.63) is 34.9 Å². The molecule has 0 aliphatic rings. The summed E-state index contributed by atoms with van der Waals surface area (Å²) in [6.45, 7) is 11.5. The second-order valence-electron chi connectivity index (χ2n) is 13.5. The van der Waals surface area contributed by atoms with Gasteiger partial charge in [0.2, 0.25) is 6.41 Å². The second kappa shape index (κ2) is 44.2. The Morgan fingerprint density at radius 2 is 0.710 bits per heavy atom. The average Bonchev–Trinajstić information content (AvgIpc) is 3.28. The number of ether oxygens (including phenoxy) is 9. The fourth-order valence-corrected chi connectivity index (χ4v) is 5.15. The Labute approximate surface area is 367 Å². The van der Waals surface area contributed by atoms with Gasteiger partial charge in [0.1, 0.15) is 0 Å². The molecule has 0 saturated carbocycles. The quantitative estimate of drug-likeness (QED) is 0.0256. The normalized spacial score (nSPS) is 11.1. The lowest BCUT2D eigenvalue weighted by atomic mass is 10.0. The largest absolute Gasteiger partial charge is 0.381 e. The van der Waals surface area contributed by atoms with Crippen molar-refractivity contribution in [2.24, 2.45) is 0 Å². The minimum Gasteiger partial charge on any atom is -0.381 e. The molecule has 7 N–H and O–H groups in total. The highest BCUT2D eigenvalue weighted by Crippen LogP contribution is 2.12. The van der Waals surface area contributed by atoms with Crippen LogP contribution in [-0.4, -0.2) is 201 Å². The van der Waals surface area contributed by atoms with Crippen LogP contribution in [0.5, 0.6) is 0 Å². The van der Waals surface area contributed by atoms with Crippen molar-refractivity contribution >= 4 is 24.1 Å². The third-order valence-electron chi connectivity index (χ3n) is 8.37. The third kappa shape index (κ3) is 35.1. The minimum atomic E-state index is -0.424. The van der Waals surface area contributed by atoms with E-state index in [4.69, 9.17) is 47.7 Å². The number of rotatable bonds is 47. The molecule has 4 amide bonds. The van der Waals surface area contributed by atoms with Gasteiger partial charge in [-0.2, -0.15) is 0 Å². The van der Waals surface area contributed by atoms with Crippen molar-refractivity contribution in [1.29, 1.82) is 0 Å². The first-order chi connectivity index (χ1) is 30.5. The van der Waals surface area contributed by atoms with Crippen LogP contribution in [0.3, 0.4) is 0 Å². The summed E-state index contributed by atoms with van der Waals surface area (Å²) in [7, 11) is 1.91. The van der Waals surface area contributed by atoms with Crippen molar-refractivity contribution in [3.8, 4) is 0 Å². The zero-order valence-corrected chi connectivity index (χ0v) is 37.0. The summed E-state index contributed by atoms with van der Waals surface area (Å²) in [5.74, 6) is -1.26. The van der Waals surface area contributed by atoms with Crippen molar-refractivity contribution in [3.63, 3.8) is 0 Å². The molecule has 0 heterocycles. The zero-order chi connectivity index (χ0) is 44.8. The molecule has 358 valence electrons. The van der Waals surface area contributed by atoms with Gasteiger partial charge in [-0.3, -0.25) is 24.5 Å². The standard InChI is InChI=1S/C42H76N6O14/c1-43-8-2-14-54-20-26-60-29-23-57-17-5-11-46-40(51)37-32-38(41(52)47-12-6-18-58-24-30-61-27-21-55-15-3-9-44-35-49)34-39(33-37)42(53)48-13-7-19-59-25-31-62-28-22-56-16-4-10-45-36-50/h32-35,43,45,50H,2-31,36H2,1H3,(H,44,49)(H,46,51)(H,47,52)(H,48,53). The molecule has 0 aliphatic heterocycles. The Hall–Kier alpha value is -3.38. The van der Waals surface area contributed by atoms with Gasteiger partial charge in [0.15, 0.2) is 0 Å². The van der Waals surface area contributed by atoms with Gasteiger partial charge in [-0.15, -0.1) is 0 Å². The molecule has 20 heteroatoms. The van der Waals surface area contributed by atoms with E-state index in [2.05, 4.69) is 31.9 Å². The number of aliphatic hydroxyl groups excluding tert-OH is 1. The summed E-state index contributed by atoms with van der Waals surface area (Å²) in [5.41, 5.74) is 0.541. The van der Waals surface area contributed by atoms with Crippen molar-refractivity contribution in [1.82, 2.24) is 31.9 Å². The molecule has 1 rings (SSSR count). The molecule has 0 aromatic heterocycles. The molecule has 0 fully saturated rings. The highest BCUT2D eigenvalue weighted by atomic mass is 16.6. The molecular formula is C42H76N6O14. The highest BCUT2D eigenvalue weighted by Gasteiger charge is 2.16. The summed E-state index contributed by atoms with van der Waals surface area (Å²) in [6, 6.07) is 4.41. The summed E-state index contributed by atoms with van der Waals surface area (Å²) in [4.78, 5) is 49.8. The van der Waals surface area contributed by atoms with Crippen LogP contribution in [-0.2, 0) is 47.4 Å². The number of hydrogen-bond acceptors (Lipinski definition) is 16. The predicted molar refractivity (Wildman–Crippen MR) is 232 cm³/mol. The van der Waals surface area contributed by atoms with Crippen LogP contribution in [0.2, 0.25) is 0 Å². The number of nitrogens with one attached hydrogen (secondary N) is 6. The van der Waals surface area contributed by atoms with Gasteiger partial charge in [-0.25, -0.2) is 0 Å². The fraction of sp³-hybridized carbons (Fsp3) is 0.762. The maximum Gasteiger partial charge on any atom is 0.251 e. The summed E-state index contributed by atoms with van der Waals surface area (Å²) in [5, 5.41) is 25.7. The first kappa shape index (κ1) is 56.6. The van der Waals surface area contributed by atoms with E-state index in [1.165, 1.54) is 18.2 Å². The van der Waals surface area contributed by atoms with E-state index < -0.39 is 17.7 Å². The molecule has 0 unspecified atom stereocenters. The van der Waals surface area contributed by atoms with Crippen molar-refractivity contribution < 1.29 is 66.9 Å². The number of carbonyl (C=O) groups is 4. The lowest BCUT2D eigenvalue weighted by molar-refractivity contribution is -0.109. The first-order valence-corrected chi connectivity index (χ1v) is 21.9. The van der Waals surface area contributed by atoms with Crippen molar-refractivity contribution in [2.45, 2.75) is 38.5 Å². The van der Waals surface area contributed by atoms with E-state index in [9.17, 15) is 19.2 Å². The van der Waals surface area contributed by atoms with Crippen LogP contribution in [0.25, 0.3) is 0 Å². The molecule has 62 heavy (non-hydrogen) atoms. The molecule has 0 aliphatic carbocycles. The van der Waals surface area contributed by atoms with E-state index in [0.717, 1.165) is 25.8 Å². The third-order valence-corrected chi connectivity index (χ3v) is 8.37. The SMILES string of the molecule is CNCCCOCCOCCOCCCNC(=O)c1cc(C(=O)NCCCOCCOCCOCCCNC=O)cc(C(=O)NCCCOCCOCCOCCCNCO)c1. The second-order valence-corrected chi connectivity index (χ2v) is 13.5. The lowest BCUT2D eigenvalue weighted by Gasteiger charge is -2.12. The minimum absolute atomic E-state index is 0.0441. The summed E-state index contributed by atoms with van der Waals surface area (Å²) >= 11 is 0. The van der Waals surface area contributed by atoms with E-state index >= 15 is 0 Å². The Balaban J connectivity index is 2.47. The molecule has 0 atom stereocenters. The maximum atomic E-state index is 13.2. The number of carbonyl (C=O) groups excluding carboxylic acids is 4. The van der Waals surface area contributed by atoms with Crippen LogP contribution < -0.4 is 31.9 Å². The fourth-order valence-electron chi connectivity index (χ4n) is 5.15. The van der Waals surface area contributed by atoms with Gasteiger partial charge in [-0.1, -0.05) is 0 Å². The molecule has 0 saturated heterocycles. The van der Waals surface area contributed by atoms with E-state index in [-0.39, 0.29) is 23.4 Å². The summed E-state index contributed by atoms with van der Waals surface area (Å²) in [6.07, 6.45) is 4.81. The van der Waals surface area contributed by atoms with Gasteiger partial charge in [0.05, 0.1) is 86.0 Å². The molecule has 1 aromatic carbocycles. The lowest BCUT2D eigenvalue weighted by Crippen LogP contribution is -2.30. The molecule has 1 aromatic rings. The molecule has 0 radical (unpaired) electrons. The van der Waals surface area contributed by atoms with Crippen molar-refractivity contribution in [2.75, 3.05) is 172 Å². The topological polar surface area (TPSA) is 244 Å². The van der Waals surface area contributed by atoms with Crippen LogP contribution in [0.15, 0.2) is 18.2 Å². The molecule has 20 nitrogen and oxygen atoms in total. The predicted octanol–water partition coefficient (Wildman–Crippen LogP) is -0.129. The Bertz CT molecular complexity index is 1240. The van der Waals surface area contributed by atoms with Gasteiger partial charge in [0, 0.05) is 82.5 Å². The Morgan fingerprint density at radius 3 is 1.00 bits per heavy atom. The highest BCUT2D eigenvalue weighted by molar-refractivity contribution is 6.04. The van der Waals surface area contributed by atoms with E-state index in [0.29, 0.717) is 177 Å². The van der Waals surface area contributed by atoms with Crippen LogP contribution in [0, 0.1) is 0 Å². The number of hydrogen-bond donors (Lipinski definition) is 7. The monoisotopic (exact) mass is 889 g/mol. The van der Waals surface area contributed by atoms with Gasteiger partial charge in [-0.05, 0) is 76.9 Å².